The number of fused-ring (bicyclic) bond motifs is 2. The summed E-state index contributed by atoms with van der Waals surface area (Å²) in [6.45, 7) is 0. The molecule has 0 spiro atoms. The van der Waals surface area contributed by atoms with Gasteiger partial charge in [-0.25, -0.2) is 35.1 Å². The molecule has 0 N–H and O–H groups in total. The molecule has 0 amide bonds. The van der Waals surface area contributed by atoms with E-state index in [0.29, 0.717) is 6.07 Å². The molecular formula is C27H12F8O. The molecule has 0 aromatic heterocycles. The molecule has 5 aromatic carbocycles. The van der Waals surface area contributed by atoms with Crippen LogP contribution in [0.1, 0.15) is 0 Å². The fraction of sp³-hybridized carbons (Fsp3) is 0.0370. The fourth-order valence-corrected chi connectivity index (χ4v) is 4.41. The van der Waals surface area contributed by atoms with Crippen molar-refractivity contribution in [2.45, 2.75) is 0 Å². The van der Waals surface area contributed by atoms with Crippen LogP contribution in [0.15, 0.2) is 54.6 Å². The van der Waals surface area contributed by atoms with Crippen LogP contribution >= 0.6 is 0 Å². The molecule has 0 saturated carbocycles. The van der Waals surface area contributed by atoms with Crippen LogP contribution in [0.4, 0.5) is 35.1 Å². The minimum absolute atomic E-state index is 0.00932. The molecule has 0 heterocycles. The van der Waals surface area contributed by atoms with Crippen molar-refractivity contribution in [2.75, 3.05) is 7.11 Å². The van der Waals surface area contributed by atoms with Crippen LogP contribution in [-0.2, 0) is 0 Å². The lowest BCUT2D eigenvalue weighted by molar-refractivity contribution is 0.407. The van der Waals surface area contributed by atoms with Gasteiger partial charge in [0.15, 0.2) is 34.9 Å². The smallest absolute Gasteiger partial charge is 0.198 e. The third kappa shape index (κ3) is 3.37. The lowest BCUT2D eigenvalue weighted by atomic mass is 9.85. The maximum Gasteiger partial charge on any atom is 0.198 e. The predicted molar refractivity (Wildman–Crippen MR) is 119 cm³/mol. The molecule has 0 fully saturated rings. The summed E-state index contributed by atoms with van der Waals surface area (Å²) in [6, 6.07) is 9.50. The SMILES string of the molecule is COc1cc(F)c(-c2c3ccccc3c(-c3ccc(F)c(F)c3)c3c(F)c(F)c(F)c(F)c23)c(F)c1. The highest BCUT2D eigenvalue weighted by Crippen LogP contribution is 2.48. The minimum Gasteiger partial charge on any atom is -0.497 e. The number of hydrogen-bond donors (Lipinski definition) is 0. The van der Waals surface area contributed by atoms with E-state index in [-0.39, 0.29) is 27.6 Å². The van der Waals surface area contributed by atoms with E-state index in [0.717, 1.165) is 31.4 Å². The Morgan fingerprint density at radius 3 is 1.56 bits per heavy atom. The first kappa shape index (κ1) is 23.6. The average Bonchev–Trinajstić information content (AvgIpc) is 2.86. The number of rotatable bonds is 3. The van der Waals surface area contributed by atoms with Crippen molar-refractivity contribution in [3.05, 3.63) is 101 Å². The van der Waals surface area contributed by atoms with Crippen LogP contribution in [-0.4, -0.2) is 7.11 Å². The molecule has 9 heteroatoms. The lowest BCUT2D eigenvalue weighted by Gasteiger charge is -2.20. The quantitative estimate of drug-likeness (QED) is 0.104. The van der Waals surface area contributed by atoms with Crippen molar-refractivity contribution < 1.29 is 39.9 Å². The van der Waals surface area contributed by atoms with Crippen molar-refractivity contribution in [2.24, 2.45) is 0 Å². The number of methoxy groups -OCH3 is 1. The van der Waals surface area contributed by atoms with Crippen LogP contribution < -0.4 is 4.74 Å². The van der Waals surface area contributed by atoms with Gasteiger partial charge < -0.3 is 4.74 Å². The van der Waals surface area contributed by atoms with Crippen LogP contribution in [0.2, 0.25) is 0 Å². The molecule has 0 unspecified atom stereocenters. The highest BCUT2D eigenvalue weighted by atomic mass is 19.2. The van der Waals surface area contributed by atoms with Gasteiger partial charge in [-0.3, -0.25) is 0 Å². The Morgan fingerprint density at radius 2 is 1.03 bits per heavy atom. The lowest BCUT2D eigenvalue weighted by Crippen LogP contribution is -2.04. The normalized spacial score (nSPS) is 11.5. The summed E-state index contributed by atoms with van der Waals surface area (Å²) < 4.78 is 123. The number of halogens is 8. The van der Waals surface area contributed by atoms with Crippen molar-refractivity contribution in [3.8, 4) is 28.0 Å². The molecule has 36 heavy (non-hydrogen) atoms. The maximum atomic E-state index is 15.4. The van der Waals surface area contributed by atoms with Gasteiger partial charge in [0, 0.05) is 34.0 Å². The molecule has 0 bridgehead atoms. The molecule has 0 saturated heterocycles. The zero-order valence-corrected chi connectivity index (χ0v) is 18.1. The fourth-order valence-electron chi connectivity index (χ4n) is 4.41. The topological polar surface area (TPSA) is 9.23 Å². The van der Waals surface area contributed by atoms with Crippen LogP contribution in [0.3, 0.4) is 0 Å². The third-order valence-electron chi connectivity index (χ3n) is 5.94. The van der Waals surface area contributed by atoms with Crippen molar-refractivity contribution in [1.82, 2.24) is 0 Å². The first-order valence-electron chi connectivity index (χ1n) is 10.3. The van der Waals surface area contributed by atoms with Gasteiger partial charge in [0.1, 0.15) is 17.4 Å². The summed E-state index contributed by atoms with van der Waals surface area (Å²) in [5.41, 5.74) is -1.98. The van der Waals surface area contributed by atoms with Crippen LogP contribution in [0.25, 0.3) is 43.8 Å². The Morgan fingerprint density at radius 1 is 0.500 bits per heavy atom. The Kier molecular flexibility index (Phi) is 5.58. The van der Waals surface area contributed by atoms with Crippen LogP contribution in [0.5, 0.6) is 5.75 Å². The molecule has 1 nitrogen and oxygen atoms in total. The van der Waals surface area contributed by atoms with Gasteiger partial charge in [0.2, 0.25) is 0 Å². The van der Waals surface area contributed by atoms with Crippen molar-refractivity contribution in [3.63, 3.8) is 0 Å². The summed E-state index contributed by atoms with van der Waals surface area (Å²) in [4.78, 5) is 0. The average molecular weight is 504 g/mol. The molecule has 5 aromatic rings. The molecule has 182 valence electrons. The van der Waals surface area contributed by atoms with Gasteiger partial charge in [-0.2, -0.15) is 0 Å². The third-order valence-corrected chi connectivity index (χ3v) is 5.94. The van der Waals surface area contributed by atoms with Crippen LogP contribution in [0, 0.1) is 46.5 Å². The molecule has 0 radical (unpaired) electrons. The number of benzene rings is 5. The van der Waals surface area contributed by atoms with E-state index in [1.165, 1.54) is 24.3 Å². The second-order valence-corrected chi connectivity index (χ2v) is 7.90. The standard InChI is InChI=1S/C27H12F8O/c1-36-12-9-17(30)21(18(31)10-12)20-14-5-3-2-4-13(14)19(11-6-7-15(28)16(29)8-11)22-23(20)25(33)27(35)26(34)24(22)32/h2-10H,1H3. The van der Waals surface area contributed by atoms with Gasteiger partial charge >= 0.3 is 0 Å². The van der Waals surface area contributed by atoms with Gasteiger partial charge in [-0.15, -0.1) is 0 Å². The van der Waals surface area contributed by atoms with Gasteiger partial charge in [0.05, 0.1) is 12.7 Å². The van der Waals surface area contributed by atoms with Crippen molar-refractivity contribution in [1.29, 1.82) is 0 Å². The van der Waals surface area contributed by atoms with E-state index in [1.807, 2.05) is 0 Å². The highest BCUT2D eigenvalue weighted by molar-refractivity contribution is 6.21. The maximum absolute atomic E-state index is 15.4. The monoisotopic (exact) mass is 504 g/mol. The van der Waals surface area contributed by atoms with E-state index in [4.69, 9.17) is 4.74 Å². The molecule has 0 aliphatic heterocycles. The highest BCUT2D eigenvalue weighted by Gasteiger charge is 2.30. The Hall–Kier alpha value is -4.14. The molecule has 5 rings (SSSR count). The number of hydrogen-bond acceptors (Lipinski definition) is 1. The zero-order valence-electron chi connectivity index (χ0n) is 18.1. The predicted octanol–water partition coefficient (Wildman–Crippen LogP) is 8.45. The summed E-state index contributed by atoms with van der Waals surface area (Å²) in [5.74, 6) is -13.5. The van der Waals surface area contributed by atoms with E-state index < -0.39 is 68.4 Å². The largest absolute Gasteiger partial charge is 0.497 e. The number of ether oxygens (including phenoxy) is 1. The summed E-state index contributed by atoms with van der Waals surface area (Å²) >= 11 is 0. The molecule has 0 aliphatic rings. The first-order valence-corrected chi connectivity index (χ1v) is 10.3. The zero-order chi connectivity index (χ0) is 25.9. The van der Waals surface area contributed by atoms with Gasteiger partial charge in [-0.05, 0) is 28.5 Å². The van der Waals surface area contributed by atoms with E-state index in [2.05, 4.69) is 0 Å². The minimum atomic E-state index is -2.21. The molecular weight excluding hydrogens is 492 g/mol. The first-order chi connectivity index (χ1) is 17.1. The van der Waals surface area contributed by atoms with Gasteiger partial charge in [0.25, 0.3) is 0 Å². The second kappa shape index (κ2) is 8.51. The summed E-state index contributed by atoms with van der Waals surface area (Å²) in [6.07, 6.45) is 0. The summed E-state index contributed by atoms with van der Waals surface area (Å²) in [5, 5.41) is -1.98. The van der Waals surface area contributed by atoms with Gasteiger partial charge in [-0.1, -0.05) is 30.3 Å². The van der Waals surface area contributed by atoms with Crippen molar-refractivity contribution >= 4 is 21.5 Å². The van der Waals surface area contributed by atoms with E-state index in [9.17, 15) is 17.6 Å². The van der Waals surface area contributed by atoms with E-state index >= 15 is 17.6 Å². The van der Waals surface area contributed by atoms with E-state index in [1.54, 1.807) is 0 Å². The Bertz CT molecular complexity index is 1690. The molecule has 0 atom stereocenters. The molecule has 0 aliphatic carbocycles. The summed E-state index contributed by atoms with van der Waals surface area (Å²) in [7, 11) is 1.16. The second-order valence-electron chi connectivity index (χ2n) is 7.90. The Balaban J connectivity index is 2.11. The Labute approximate surface area is 198 Å².